The molecule has 5 N–H and O–H groups in total. The van der Waals surface area contributed by atoms with E-state index in [1.54, 1.807) is 6.07 Å². The SMILES string of the molecule is NC(=O)C1Cc2ccccc2CN1C(=O)C1=CC(NC(=O)c2ccco2)C(O)C(O)C1. The highest BCUT2D eigenvalue weighted by Gasteiger charge is 2.39. The number of rotatable bonds is 4. The molecule has 9 heteroatoms. The van der Waals surface area contributed by atoms with Crippen LogP contribution < -0.4 is 11.1 Å². The average Bonchev–Trinajstić information content (AvgIpc) is 3.30. The number of fused-ring (bicyclic) bond motifs is 1. The van der Waals surface area contributed by atoms with Crippen LogP contribution in [0.3, 0.4) is 0 Å². The monoisotopic (exact) mass is 425 g/mol. The number of aliphatic hydroxyl groups excluding tert-OH is 2. The normalized spacial score (nSPS) is 25.4. The van der Waals surface area contributed by atoms with Crippen LogP contribution in [0.25, 0.3) is 0 Å². The third-order valence-corrected chi connectivity index (χ3v) is 5.73. The summed E-state index contributed by atoms with van der Waals surface area (Å²) in [7, 11) is 0. The third kappa shape index (κ3) is 4.10. The van der Waals surface area contributed by atoms with Crippen molar-refractivity contribution in [2.45, 2.75) is 43.7 Å². The van der Waals surface area contributed by atoms with Gasteiger partial charge in [-0.25, -0.2) is 0 Å². The van der Waals surface area contributed by atoms with Crippen LogP contribution in [0.15, 0.2) is 58.7 Å². The predicted octanol–water partition coefficient (Wildman–Crippen LogP) is -0.131. The van der Waals surface area contributed by atoms with E-state index in [4.69, 9.17) is 10.2 Å². The molecule has 2 aromatic rings. The Morgan fingerprint density at radius 3 is 2.48 bits per heavy atom. The maximum absolute atomic E-state index is 13.3. The lowest BCUT2D eigenvalue weighted by Gasteiger charge is -2.38. The van der Waals surface area contributed by atoms with E-state index in [9.17, 15) is 24.6 Å². The highest BCUT2D eigenvalue weighted by Crippen LogP contribution is 2.28. The van der Waals surface area contributed by atoms with Crippen molar-refractivity contribution in [3.05, 3.63) is 71.2 Å². The largest absolute Gasteiger partial charge is 0.459 e. The summed E-state index contributed by atoms with van der Waals surface area (Å²) >= 11 is 0. The second-order valence-electron chi connectivity index (χ2n) is 7.75. The van der Waals surface area contributed by atoms with E-state index >= 15 is 0 Å². The predicted molar refractivity (Wildman–Crippen MR) is 108 cm³/mol. The first-order valence-corrected chi connectivity index (χ1v) is 9.93. The number of hydrogen-bond acceptors (Lipinski definition) is 6. The van der Waals surface area contributed by atoms with Gasteiger partial charge in [0, 0.05) is 25.0 Å². The van der Waals surface area contributed by atoms with E-state index < -0.39 is 42.0 Å². The van der Waals surface area contributed by atoms with E-state index in [0.717, 1.165) is 11.1 Å². The number of nitrogens with two attached hydrogens (primary N) is 1. The zero-order valence-corrected chi connectivity index (χ0v) is 16.6. The summed E-state index contributed by atoms with van der Waals surface area (Å²) in [5, 5.41) is 23.2. The number of primary amides is 1. The summed E-state index contributed by atoms with van der Waals surface area (Å²) in [5.74, 6) is -1.65. The number of nitrogens with zero attached hydrogens (tertiary/aromatic N) is 1. The molecule has 162 valence electrons. The molecule has 0 bridgehead atoms. The van der Waals surface area contributed by atoms with Gasteiger partial charge in [-0.3, -0.25) is 14.4 Å². The first kappa shape index (κ1) is 20.8. The number of carbonyl (C=O) groups is 3. The third-order valence-electron chi connectivity index (χ3n) is 5.73. The fraction of sp³-hybridized carbons (Fsp3) is 0.318. The molecule has 0 saturated carbocycles. The molecule has 0 radical (unpaired) electrons. The Bertz CT molecular complexity index is 1030. The van der Waals surface area contributed by atoms with Crippen LogP contribution >= 0.6 is 0 Å². The van der Waals surface area contributed by atoms with Gasteiger partial charge in [0.15, 0.2) is 5.76 Å². The highest BCUT2D eigenvalue weighted by atomic mass is 16.3. The number of aliphatic hydroxyl groups is 2. The Balaban J connectivity index is 1.60. The van der Waals surface area contributed by atoms with Crippen molar-refractivity contribution >= 4 is 17.7 Å². The van der Waals surface area contributed by atoms with Gasteiger partial charge in [0.05, 0.1) is 18.4 Å². The number of nitrogens with one attached hydrogen (secondary N) is 1. The minimum Gasteiger partial charge on any atom is -0.459 e. The van der Waals surface area contributed by atoms with Crippen molar-refractivity contribution < 1.29 is 29.0 Å². The molecule has 1 aliphatic carbocycles. The molecule has 2 aliphatic rings. The standard InChI is InChI=1S/C22H23N3O6/c23-20(28)16-9-12-4-1-2-5-13(12)11-25(16)22(30)14-8-15(19(27)17(26)10-14)24-21(29)18-6-3-7-31-18/h1-8,15-17,19,26-27H,9-11H2,(H2,23,28)(H,24,29). The van der Waals surface area contributed by atoms with Crippen LogP contribution in [0.1, 0.15) is 28.1 Å². The summed E-state index contributed by atoms with van der Waals surface area (Å²) in [6.07, 6.45) is 0.369. The van der Waals surface area contributed by atoms with Crippen LogP contribution in [0.5, 0.6) is 0 Å². The molecule has 0 fully saturated rings. The molecule has 4 atom stereocenters. The molecule has 1 aliphatic heterocycles. The zero-order chi connectivity index (χ0) is 22.1. The molecular formula is C22H23N3O6. The van der Waals surface area contributed by atoms with Gasteiger partial charge in [0.25, 0.3) is 11.8 Å². The van der Waals surface area contributed by atoms with Crippen molar-refractivity contribution in [2.75, 3.05) is 0 Å². The Morgan fingerprint density at radius 2 is 1.81 bits per heavy atom. The van der Waals surface area contributed by atoms with Crippen LogP contribution in [0.4, 0.5) is 0 Å². The van der Waals surface area contributed by atoms with Crippen LogP contribution in [-0.4, -0.2) is 57.1 Å². The fourth-order valence-electron chi connectivity index (χ4n) is 4.06. The molecule has 2 heterocycles. The van der Waals surface area contributed by atoms with E-state index in [2.05, 4.69) is 5.32 Å². The minimum absolute atomic E-state index is 0.0370. The quantitative estimate of drug-likeness (QED) is 0.537. The number of furan rings is 1. The van der Waals surface area contributed by atoms with E-state index in [-0.39, 0.29) is 24.3 Å². The second kappa shape index (κ2) is 8.37. The lowest BCUT2D eigenvalue weighted by Crippen LogP contribution is -2.54. The molecular weight excluding hydrogens is 402 g/mol. The summed E-state index contributed by atoms with van der Waals surface area (Å²) in [6.45, 7) is 0.196. The summed E-state index contributed by atoms with van der Waals surface area (Å²) in [5.41, 5.74) is 7.62. The molecule has 3 amide bonds. The van der Waals surface area contributed by atoms with Gasteiger partial charge in [-0.05, 0) is 23.3 Å². The Morgan fingerprint density at radius 1 is 1.06 bits per heavy atom. The molecule has 1 aromatic heterocycles. The molecule has 1 aromatic carbocycles. The molecule has 0 spiro atoms. The van der Waals surface area contributed by atoms with Crippen molar-refractivity contribution in [3.8, 4) is 0 Å². The van der Waals surface area contributed by atoms with E-state index in [1.807, 2.05) is 24.3 Å². The average molecular weight is 425 g/mol. The van der Waals surface area contributed by atoms with E-state index in [1.165, 1.54) is 23.3 Å². The van der Waals surface area contributed by atoms with Gasteiger partial charge in [-0.15, -0.1) is 0 Å². The highest BCUT2D eigenvalue weighted by molar-refractivity contribution is 5.98. The van der Waals surface area contributed by atoms with Gasteiger partial charge in [0.1, 0.15) is 12.1 Å². The Hall–Kier alpha value is -3.43. The maximum Gasteiger partial charge on any atom is 0.287 e. The van der Waals surface area contributed by atoms with Crippen molar-refractivity contribution in [2.24, 2.45) is 5.73 Å². The Labute approximate surface area is 178 Å². The molecule has 31 heavy (non-hydrogen) atoms. The van der Waals surface area contributed by atoms with Crippen molar-refractivity contribution in [1.29, 1.82) is 0 Å². The number of amides is 3. The summed E-state index contributed by atoms with van der Waals surface area (Å²) < 4.78 is 5.04. The first-order valence-electron chi connectivity index (χ1n) is 9.93. The molecule has 0 saturated heterocycles. The van der Waals surface area contributed by atoms with Gasteiger partial charge >= 0.3 is 0 Å². The van der Waals surface area contributed by atoms with Crippen LogP contribution in [0, 0.1) is 0 Å². The smallest absolute Gasteiger partial charge is 0.287 e. The van der Waals surface area contributed by atoms with Crippen molar-refractivity contribution in [1.82, 2.24) is 10.2 Å². The van der Waals surface area contributed by atoms with Crippen LogP contribution in [-0.2, 0) is 22.6 Å². The summed E-state index contributed by atoms with van der Waals surface area (Å²) in [6, 6.07) is 8.66. The number of carbonyl (C=O) groups excluding carboxylic acids is 3. The molecule has 9 nitrogen and oxygen atoms in total. The number of hydrogen-bond donors (Lipinski definition) is 4. The van der Waals surface area contributed by atoms with Gasteiger partial charge in [0.2, 0.25) is 5.91 Å². The van der Waals surface area contributed by atoms with Gasteiger partial charge < -0.3 is 30.6 Å². The van der Waals surface area contributed by atoms with Crippen LogP contribution in [0.2, 0.25) is 0 Å². The maximum atomic E-state index is 13.3. The number of benzene rings is 1. The van der Waals surface area contributed by atoms with Gasteiger partial charge in [-0.2, -0.15) is 0 Å². The second-order valence-corrected chi connectivity index (χ2v) is 7.75. The Kier molecular flexibility index (Phi) is 5.62. The minimum atomic E-state index is -1.30. The molecule has 4 unspecified atom stereocenters. The van der Waals surface area contributed by atoms with Crippen molar-refractivity contribution in [3.63, 3.8) is 0 Å². The van der Waals surface area contributed by atoms with Gasteiger partial charge in [-0.1, -0.05) is 30.3 Å². The lowest BCUT2D eigenvalue weighted by atomic mass is 9.87. The summed E-state index contributed by atoms with van der Waals surface area (Å²) in [4.78, 5) is 39.1. The fourth-order valence-corrected chi connectivity index (χ4v) is 4.06. The zero-order valence-electron chi connectivity index (χ0n) is 16.6. The van der Waals surface area contributed by atoms with E-state index in [0.29, 0.717) is 6.42 Å². The molecule has 4 rings (SSSR count). The first-order chi connectivity index (χ1) is 14.8. The lowest BCUT2D eigenvalue weighted by molar-refractivity contribution is -0.138. The topological polar surface area (TPSA) is 146 Å².